The maximum absolute atomic E-state index is 12.2. The fraction of sp³-hybridized carbons (Fsp3) is 0.588. The Morgan fingerprint density at radius 2 is 1.75 bits per heavy atom. The van der Waals surface area contributed by atoms with Crippen LogP contribution < -0.4 is 5.32 Å². The molecule has 0 saturated heterocycles. The molecule has 1 aromatic heterocycles. The maximum atomic E-state index is 12.2. The van der Waals surface area contributed by atoms with Crippen molar-refractivity contribution in [2.24, 2.45) is 0 Å². The molecule has 1 aromatic rings. The smallest absolute Gasteiger partial charge is 0.355 e. The minimum atomic E-state index is -0.682. The molecule has 7 heteroatoms. The summed E-state index contributed by atoms with van der Waals surface area (Å²) in [6.45, 7) is 10.3. The topological polar surface area (TPSA) is 97.5 Å². The zero-order chi connectivity index (χ0) is 18.4. The predicted molar refractivity (Wildman–Crippen MR) is 89.0 cm³/mol. The SMILES string of the molecule is CC[C@H](C)NC(=O)COC(=O)c1[nH]c(C)c(C(=O)OC(C)C)c1C. The van der Waals surface area contributed by atoms with Crippen molar-refractivity contribution < 1.29 is 23.9 Å². The fourth-order valence-corrected chi connectivity index (χ4v) is 2.16. The Labute approximate surface area is 142 Å². The molecular formula is C17H26N2O5. The van der Waals surface area contributed by atoms with E-state index in [-0.39, 0.29) is 30.4 Å². The number of aryl methyl sites for hydroxylation is 1. The van der Waals surface area contributed by atoms with Gasteiger partial charge in [0.1, 0.15) is 5.69 Å². The summed E-state index contributed by atoms with van der Waals surface area (Å²) < 4.78 is 10.2. The van der Waals surface area contributed by atoms with Crippen LogP contribution in [0.25, 0.3) is 0 Å². The van der Waals surface area contributed by atoms with Gasteiger partial charge in [0.15, 0.2) is 6.61 Å². The highest BCUT2D eigenvalue weighted by atomic mass is 16.5. The minimum absolute atomic E-state index is 0.0167. The molecule has 0 radical (unpaired) electrons. The summed E-state index contributed by atoms with van der Waals surface area (Å²) in [4.78, 5) is 38.7. The first-order chi connectivity index (χ1) is 11.2. The molecule has 0 unspecified atom stereocenters. The van der Waals surface area contributed by atoms with Crippen LogP contribution in [0.15, 0.2) is 0 Å². The van der Waals surface area contributed by atoms with Gasteiger partial charge in [-0.05, 0) is 46.6 Å². The lowest BCUT2D eigenvalue weighted by molar-refractivity contribution is -0.124. The van der Waals surface area contributed by atoms with Gasteiger partial charge in [0.25, 0.3) is 5.91 Å². The van der Waals surface area contributed by atoms with Crippen molar-refractivity contribution >= 4 is 17.8 Å². The van der Waals surface area contributed by atoms with Gasteiger partial charge in [-0.1, -0.05) is 6.92 Å². The molecule has 0 aliphatic carbocycles. The van der Waals surface area contributed by atoms with Crippen molar-refractivity contribution in [3.05, 3.63) is 22.5 Å². The highest BCUT2D eigenvalue weighted by Gasteiger charge is 2.24. The molecule has 0 fully saturated rings. The van der Waals surface area contributed by atoms with Gasteiger partial charge in [-0.3, -0.25) is 4.79 Å². The average molecular weight is 338 g/mol. The third-order valence-corrected chi connectivity index (χ3v) is 3.54. The second kappa shape index (κ2) is 8.52. The number of ether oxygens (including phenoxy) is 2. The lowest BCUT2D eigenvalue weighted by Gasteiger charge is -2.11. The van der Waals surface area contributed by atoms with Crippen LogP contribution in [-0.4, -0.2) is 41.6 Å². The van der Waals surface area contributed by atoms with Crippen molar-refractivity contribution in [3.8, 4) is 0 Å². The van der Waals surface area contributed by atoms with Gasteiger partial charge in [-0.2, -0.15) is 0 Å². The number of rotatable bonds is 7. The van der Waals surface area contributed by atoms with E-state index in [9.17, 15) is 14.4 Å². The lowest BCUT2D eigenvalue weighted by Crippen LogP contribution is -2.35. The number of hydrogen-bond donors (Lipinski definition) is 2. The Morgan fingerprint density at radius 1 is 1.12 bits per heavy atom. The summed E-state index contributed by atoms with van der Waals surface area (Å²) >= 11 is 0. The van der Waals surface area contributed by atoms with Crippen molar-refractivity contribution in [3.63, 3.8) is 0 Å². The summed E-state index contributed by atoms with van der Waals surface area (Å²) in [6, 6.07) is 0.0167. The third kappa shape index (κ3) is 5.11. The zero-order valence-electron chi connectivity index (χ0n) is 15.1. The Balaban J connectivity index is 2.79. The number of carbonyl (C=O) groups is 3. The van der Waals surface area contributed by atoms with Crippen LogP contribution in [0.1, 0.15) is 66.2 Å². The monoisotopic (exact) mass is 338 g/mol. The van der Waals surface area contributed by atoms with Gasteiger partial charge in [-0.25, -0.2) is 9.59 Å². The van der Waals surface area contributed by atoms with Crippen LogP contribution in [-0.2, 0) is 14.3 Å². The van der Waals surface area contributed by atoms with E-state index in [1.165, 1.54) is 0 Å². The highest BCUT2D eigenvalue weighted by Crippen LogP contribution is 2.20. The molecule has 7 nitrogen and oxygen atoms in total. The first-order valence-electron chi connectivity index (χ1n) is 8.03. The number of aromatic nitrogens is 1. The number of H-pyrrole nitrogens is 1. The van der Waals surface area contributed by atoms with Crippen LogP contribution in [0.2, 0.25) is 0 Å². The van der Waals surface area contributed by atoms with E-state index in [2.05, 4.69) is 10.3 Å². The first kappa shape index (κ1) is 19.7. The molecule has 24 heavy (non-hydrogen) atoms. The Hall–Kier alpha value is -2.31. The molecule has 0 saturated carbocycles. The van der Waals surface area contributed by atoms with E-state index >= 15 is 0 Å². The van der Waals surface area contributed by atoms with Crippen LogP contribution >= 0.6 is 0 Å². The van der Waals surface area contributed by atoms with Crippen LogP contribution in [0, 0.1) is 13.8 Å². The number of carbonyl (C=O) groups excluding carboxylic acids is 3. The molecule has 134 valence electrons. The number of amides is 1. The molecule has 1 atom stereocenters. The van der Waals surface area contributed by atoms with Gasteiger partial charge < -0.3 is 19.8 Å². The molecule has 0 spiro atoms. The number of hydrogen-bond acceptors (Lipinski definition) is 5. The summed E-state index contributed by atoms with van der Waals surface area (Å²) in [5.41, 5.74) is 1.44. The van der Waals surface area contributed by atoms with E-state index in [1.54, 1.807) is 27.7 Å². The largest absolute Gasteiger partial charge is 0.459 e. The van der Waals surface area contributed by atoms with Crippen molar-refractivity contribution in [1.82, 2.24) is 10.3 Å². The molecule has 0 aromatic carbocycles. The molecule has 2 N–H and O–H groups in total. The third-order valence-electron chi connectivity index (χ3n) is 3.54. The average Bonchev–Trinajstić information content (AvgIpc) is 2.78. The van der Waals surface area contributed by atoms with Gasteiger partial charge >= 0.3 is 11.9 Å². The summed E-state index contributed by atoms with van der Waals surface area (Å²) in [5.74, 6) is -1.54. The quantitative estimate of drug-likeness (QED) is 0.743. The van der Waals surface area contributed by atoms with Gasteiger partial charge in [-0.15, -0.1) is 0 Å². The van der Waals surface area contributed by atoms with Crippen molar-refractivity contribution in [2.45, 2.75) is 60.1 Å². The summed E-state index contributed by atoms with van der Waals surface area (Å²) in [6.07, 6.45) is 0.529. The van der Waals surface area contributed by atoms with Crippen LogP contribution in [0.4, 0.5) is 0 Å². The fourth-order valence-electron chi connectivity index (χ4n) is 2.16. The van der Waals surface area contributed by atoms with E-state index < -0.39 is 11.9 Å². The second-order valence-electron chi connectivity index (χ2n) is 6.03. The maximum Gasteiger partial charge on any atom is 0.355 e. The molecular weight excluding hydrogens is 312 g/mol. The van der Waals surface area contributed by atoms with Gasteiger partial charge in [0, 0.05) is 11.7 Å². The van der Waals surface area contributed by atoms with Gasteiger partial charge in [0.05, 0.1) is 11.7 Å². The standard InChI is InChI=1S/C17H26N2O5/c1-7-10(4)18-13(20)8-23-17(22)15-11(5)14(12(6)19-15)16(21)24-9(2)3/h9-10,19H,7-8H2,1-6H3,(H,18,20)/t10-/m0/s1. The second-order valence-corrected chi connectivity index (χ2v) is 6.03. The van der Waals surface area contributed by atoms with Crippen LogP contribution in [0.3, 0.4) is 0 Å². The normalized spacial score (nSPS) is 12.0. The van der Waals surface area contributed by atoms with Crippen molar-refractivity contribution in [1.29, 1.82) is 0 Å². The van der Waals surface area contributed by atoms with E-state index in [1.807, 2.05) is 13.8 Å². The zero-order valence-corrected chi connectivity index (χ0v) is 15.1. The van der Waals surface area contributed by atoms with Crippen molar-refractivity contribution in [2.75, 3.05) is 6.61 Å². The first-order valence-corrected chi connectivity index (χ1v) is 8.03. The van der Waals surface area contributed by atoms with E-state index in [4.69, 9.17) is 9.47 Å². The Morgan fingerprint density at radius 3 is 2.29 bits per heavy atom. The summed E-state index contributed by atoms with van der Waals surface area (Å²) in [7, 11) is 0. The van der Waals surface area contributed by atoms with E-state index in [0.717, 1.165) is 6.42 Å². The number of esters is 2. The molecule has 1 amide bonds. The van der Waals surface area contributed by atoms with Gasteiger partial charge in [0.2, 0.25) is 0 Å². The Bertz CT molecular complexity index is 619. The minimum Gasteiger partial charge on any atom is -0.459 e. The molecule has 0 bridgehead atoms. The molecule has 1 rings (SSSR count). The van der Waals surface area contributed by atoms with E-state index in [0.29, 0.717) is 16.8 Å². The molecule has 1 heterocycles. The lowest BCUT2D eigenvalue weighted by atomic mass is 10.1. The Kier molecular flexibility index (Phi) is 7.00. The number of nitrogens with one attached hydrogen (secondary N) is 2. The van der Waals surface area contributed by atoms with Crippen LogP contribution in [0.5, 0.6) is 0 Å². The highest BCUT2D eigenvalue weighted by molar-refractivity contribution is 5.99. The summed E-state index contributed by atoms with van der Waals surface area (Å²) in [5, 5.41) is 2.71. The molecule has 0 aliphatic rings. The number of aromatic amines is 1. The molecule has 0 aliphatic heterocycles. The predicted octanol–water partition coefficient (Wildman–Crippen LogP) is 2.27.